The van der Waals surface area contributed by atoms with Gasteiger partial charge in [-0.25, -0.2) is 0 Å². The maximum atomic E-state index is 13.6. The van der Waals surface area contributed by atoms with Crippen molar-refractivity contribution in [3.63, 3.8) is 0 Å². The Morgan fingerprint density at radius 1 is 0.973 bits per heavy atom. The van der Waals surface area contributed by atoms with Gasteiger partial charge in [0.05, 0.1) is 5.56 Å². The minimum atomic E-state index is -0.964. The van der Waals surface area contributed by atoms with E-state index in [1.807, 2.05) is 66.1 Å². The van der Waals surface area contributed by atoms with E-state index in [0.29, 0.717) is 34.7 Å². The third-order valence-electron chi connectivity index (χ3n) is 6.54. The Kier molecular flexibility index (Phi) is 6.64. The molecule has 188 valence electrons. The molecule has 1 aliphatic rings. The molecule has 1 atom stereocenters. The molecule has 0 saturated carbocycles. The summed E-state index contributed by atoms with van der Waals surface area (Å²) in [7, 11) is 1.63. The van der Waals surface area contributed by atoms with Gasteiger partial charge in [0.25, 0.3) is 11.7 Å². The van der Waals surface area contributed by atoms with Crippen LogP contribution in [-0.2, 0) is 22.6 Å². The summed E-state index contributed by atoms with van der Waals surface area (Å²) in [6.07, 6.45) is 1.92. The van der Waals surface area contributed by atoms with Crippen molar-refractivity contribution >= 4 is 34.2 Å². The van der Waals surface area contributed by atoms with Gasteiger partial charge in [0.1, 0.15) is 6.04 Å². The van der Waals surface area contributed by atoms with E-state index < -0.39 is 17.7 Å². The van der Waals surface area contributed by atoms with Gasteiger partial charge in [-0.15, -0.1) is 0 Å². The smallest absolute Gasteiger partial charge is 0.293 e. The molecule has 5 rings (SSSR count). The number of hydrogen-bond acceptors (Lipinski definition) is 5. The summed E-state index contributed by atoms with van der Waals surface area (Å²) in [5.41, 5.74) is 2.62. The minimum Gasteiger partial charge on any atom is -0.454 e. The van der Waals surface area contributed by atoms with E-state index in [9.17, 15) is 14.4 Å². The standard InChI is InChI=1S/C29H27N3O5/c1-3-32-17-22(21-11-7-8-12-24(21)32)27(33)28(34)30-23(15-19-9-5-4-6-10-19)29(35)31(2)20-13-14-25-26(16-20)37-18-36-25/h4-14,16-17,23H,3,15,18H2,1-2H3,(H,30,34). The lowest BCUT2D eigenvalue weighted by Crippen LogP contribution is -2.50. The fourth-order valence-electron chi connectivity index (χ4n) is 4.54. The molecule has 0 spiro atoms. The molecule has 1 aliphatic heterocycles. The summed E-state index contributed by atoms with van der Waals surface area (Å²) >= 11 is 0. The number of aromatic nitrogens is 1. The Balaban J connectivity index is 1.41. The number of ether oxygens (including phenoxy) is 2. The number of carbonyl (C=O) groups excluding carboxylic acids is 3. The monoisotopic (exact) mass is 497 g/mol. The number of ketones is 1. The van der Waals surface area contributed by atoms with Crippen molar-refractivity contribution < 1.29 is 23.9 Å². The van der Waals surface area contributed by atoms with Crippen molar-refractivity contribution in [1.29, 1.82) is 0 Å². The van der Waals surface area contributed by atoms with Crippen molar-refractivity contribution in [2.45, 2.75) is 25.9 Å². The highest BCUT2D eigenvalue weighted by Crippen LogP contribution is 2.35. The van der Waals surface area contributed by atoms with Gasteiger partial charge in [-0.2, -0.15) is 0 Å². The topological polar surface area (TPSA) is 89.9 Å². The largest absolute Gasteiger partial charge is 0.454 e. The highest BCUT2D eigenvalue weighted by molar-refractivity contribution is 6.45. The molecular formula is C29H27N3O5. The Hall–Kier alpha value is -4.59. The Morgan fingerprint density at radius 3 is 2.49 bits per heavy atom. The van der Waals surface area contributed by atoms with Crippen LogP contribution in [0.1, 0.15) is 22.8 Å². The number of rotatable bonds is 8. The van der Waals surface area contributed by atoms with Crippen molar-refractivity contribution in [1.82, 2.24) is 9.88 Å². The lowest BCUT2D eigenvalue weighted by molar-refractivity contribution is -0.125. The molecule has 0 aliphatic carbocycles. The first-order valence-electron chi connectivity index (χ1n) is 12.1. The van der Waals surface area contributed by atoms with Gasteiger partial charge in [-0.1, -0.05) is 48.5 Å². The summed E-state index contributed by atoms with van der Waals surface area (Å²) in [4.78, 5) is 41.6. The first kappa shape index (κ1) is 24.1. The molecule has 0 fully saturated rings. The van der Waals surface area contributed by atoms with Crippen LogP contribution >= 0.6 is 0 Å². The molecule has 2 amide bonds. The zero-order valence-corrected chi connectivity index (χ0v) is 20.6. The molecule has 1 unspecified atom stereocenters. The Labute approximate surface area is 214 Å². The fraction of sp³-hybridized carbons (Fsp3) is 0.207. The number of Topliss-reactive ketones (excluding diaryl/α,β-unsaturated/α-hetero) is 1. The molecule has 0 bridgehead atoms. The van der Waals surface area contributed by atoms with Crippen LogP contribution in [0.4, 0.5) is 5.69 Å². The zero-order chi connectivity index (χ0) is 25.9. The zero-order valence-electron chi connectivity index (χ0n) is 20.6. The van der Waals surface area contributed by atoms with Crippen LogP contribution in [0.25, 0.3) is 10.9 Å². The predicted octanol–water partition coefficient (Wildman–Crippen LogP) is 3.96. The van der Waals surface area contributed by atoms with E-state index in [1.54, 1.807) is 31.4 Å². The maximum Gasteiger partial charge on any atom is 0.293 e. The van der Waals surface area contributed by atoms with Crippen molar-refractivity contribution in [3.05, 3.63) is 90.1 Å². The number of nitrogens with zero attached hydrogens (tertiary/aromatic N) is 2. The first-order chi connectivity index (χ1) is 18.0. The number of benzene rings is 3. The van der Waals surface area contributed by atoms with Gasteiger partial charge in [-0.3, -0.25) is 14.4 Å². The van der Waals surface area contributed by atoms with Crippen molar-refractivity contribution in [2.24, 2.45) is 0 Å². The molecule has 37 heavy (non-hydrogen) atoms. The minimum absolute atomic E-state index is 0.125. The molecule has 1 N–H and O–H groups in total. The predicted molar refractivity (Wildman–Crippen MR) is 140 cm³/mol. The van der Waals surface area contributed by atoms with Gasteiger partial charge in [0.15, 0.2) is 11.5 Å². The summed E-state index contributed by atoms with van der Waals surface area (Å²) in [6.45, 7) is 2.76. The summed E-state index contributed by atoms with van der Waals surface area (Å²) in [5, 5.41) is 3.42. The number of likely N-dealkylation sites (N-methyl/N-ethyl adjacent to an activating group) is 1. The van der Waals surface area contributed by atoms with E-state index in [2.05, 4.69) is 5.32 Å². The highest BCUT2D eigenvalue weighted by Gasteiger charge is 2.30. The number of anilines is 1. The van der Waals surface area contributed by atoms with Crippen LogP contribution in [0, 0.1) is 0 Å². The van der Waals surface area contributed by atoms with Crippen LogP contribution in [-0.4, -0.2) is 42.0 Å². The molecule has 4 aromatic rings. The number of amides is 2. The molecule has 0 saturated heterocycles. The van der Waals surface area contributed by atoms with E-state index in [0.717, 1.165) is 11.1 Å². The lowest BCUT2D eigenvalue weighted by Gasteiger charge is -2.25. The number of carbonyl (C=O) groups is 3. The average Bonchev–Trinajstić information content (AvgIpc) is 3.56. The molecule has 8 heteroatoms. The van der Waals surface area contributed by atoms with E-state index in [1.165, 1.54) is 4.90 Å². The second-order valence-electron chi connectivity index (χ2n) is 8.83. The number of para-hydroxylation sites is 1. The third-order valence-corrected chi connectivity index (χ3v) is 6.54. The summed E-state index contributed by atoms with van der Waals surface area (Å²) < 4.78 is 12.7. The van der Waals surface area contributed by atoms with Crippen molar-refractivity contribution in [2.75, 3.05) is 18.7 Å². The molecule has 2 heterocycles. The van der Waals surface area contributed by atoms with Crippen LogP contribution in [0.3, 0.4) is 0 Å². The van der Waals surface area contributed by atoms with Gasteiger partial charge in [-0.05, 0) is 30.7 Å². The molecule has 3 aromatic carbocycles. The average molecular weight is 498 g/mol. The van der Waals surface area contributed by atoms with Crippen LogP contribution in [0.5, 0.6) is 11.5 Å². The lowest BCUT2D eigenvalue weighted by atomic mass is 10.0. The van der Waals surface area contributed by atoms with Gasteiger partial charge in [0.2, 0.25) is 12.7 Å². The molecule has 8 nitrogen and oxygen atoms in total. The van der Waals surface area contributed by atoms with E-state index >= 15 is 0 Å². The van der Waals surface area contributed by atoms with Crippen molar-refractivity contribution in [3.8, 4) is 11.5 Å². The Bertz CT molecular complexity index is 1480. The quantitative estimate of drug-likeness (QED) is 0.294. The van der Waals surface area contributed by atoms with Gasteiger partial charge < -0.3 is 24.3 Å². The maximum absolute atomic E-state index is 13.6. The van der Waals surface area contributed by atoms with E-state index in [-0.39, 0.29) is 19.1 Å². The number of nitrogens with one attached hydrogen (secondary N) is 1. The molecule has 0 radical (unpaired) electrons. The normalized spacial score (nSPS) is 12.8. The fourth-order valence-corrected chi connectivity index (χ4v) is 4.54. The van der Waals surface area contributed by atoms with Crippen LogP contribution < -0.4 is 19.7 Å². The van der Waals surface area contributed by atoms with Crippen LogP contribution in [0.15, 0.2) is 79.0 Å². The third kappa shape index (κ3) is 4.78. The number of fused-ring (bicyclic) bond motifs is 2. The SMILES string of the molecule is CCn1cc(C(=O)C(=O)NC(Cc2ccccc2)C(=O)N(C)c2ccc3c(c2)OCO3)c2ccccc21. The molecule has 1 aromatic heterocycles. The number of aryl methyl sites for hydroxylation is 1. The molecular weight excluding hydrogens is 470 g/mol. The second-order valence-corrected chi connectivity index (χ2v) is 8.83. The summed E-state index contributed by atoms with van der Waals surface area (Å²) in [5.74, 6) is -0.717. The van der Waals surface area contributed by atoms with Gasteiger partial charge >= 0.3 is 0 Å². The van der Waals surface area contributed by atoms with Crippen LogP contribution in [0.2, 0.25) is 0 Å². The van der Waals surface area contributed by atoms with Gasteiger partial charge in [0, 0.05) is 48.9 Å². The second kappa shape index (κ2) is 10.2. The number of hydrogen-bond donors (Lipinski definition) is 1. The highest BCUT2D eigenvalue weighted by atomic mass is 16.7. The van der Waals surface area contributed by atoms with E-state index in [4.69, 9.17) is 9.47 Å². The Morgan fingerprint density at radius 2 is 1.70 bits per heavy atom. The first-order valence-corrected chi connectivity index (χ1v) is 12.1. The summed E-state index contributed by atoms with van der Waals surface area (Å²) in [6, 6.07) is 21.1.